The second-order valence-electron chi connectivity index (χ2n) is 4.22. The Kier molecular flexibility index (Phi) is 5.57. The summed E-state index contributed by atoms with van der Waals surface area (Å²) >= 11 is 0. The maximum atomic E-state index is 12.3. The average Bonchev–Trinajstić information content (AvgIpc) is 2.44. The molecule has 0 aromatic heterocycles. The normalized spacial score (nSPS) is 13.4. The Morgan fingerprint density at radius 3 is 2.74 bits per heavy atom. The second-order valence-corrected chi connectivity index (χ2v) is 4.22. The maximum absolute atomic E-state index is 12.3. The van der Waals surface area contributed by atoms with Crippen LogP contribution in [-0.4, -0.2) is 26.2 Å². The Balaban J connectivity index is 3.21. The number of carbonyl (C=O) groups excluding carboxylic acids is 1. The number of hydrogen-bond donors (Lipinski definition) is 1. The molecule has 0 radical (unpaired) electrons. The highest BCUT2D eigenvalue weighted by Gasteiger charge is 2.38. The second kappa shape index (κ2) is 6.95. The van der Waals surface area contributed by atoms with Gasteiger partial charge in [0.2, 0.25) is 0 Å². The number of benzene rings is 1. The molecular weight excluding hydrogens is 242 g/mol. The summed E-state index contributed by atoms with van der Waals surface area (Å²) in [5.41, 5.74) is -0.214. The molecule has 1 atom stereocenters. The van der Waals surface area contributed by atoms with Crippen molar-refractivity contribution in [3.63, 3.8) is 0 Å². The Hall–Kier alpha value is -1.81. The van der Waals surface area contributed by atoms with Gasteiger partial charge in [0.15, 0.2) is 0 Å². The van der Waals surface area contributed by atoms with Crippen molar-refractivity contribution in [3.8, 4) is 5.75 Å². The zero-order chi connectivity index (χ0) is 14.3. The first-order valence-corrected chi connectivity index (χ1v) is 6.26. The molecule has 0 bridgehead atoms. The van der Waals surface area contributed by atoms with Crippen molar-refractivity contribution in [1.29, 1.82) is 0 Å². The van der Waals surface area contributed by atoms with Crippen LogP contribution in [-0.2, 0) is 15.1 Å². The molecule has 1 unspecified atom stereocenters. The maximum Gasteiger partial charge on any atom is 0.330 e. The van der Waals surface area contributed by atoms with Crippen LogP contribution < -0.4 is 10.1 Å². The molecule has 0 aliphatic carbocycles. The van der Waals surface area contributed by atoms with Crippen LogP contribution in [0.4, 0.5) is 0 Å². The minimum absolute atomic E-state index is 0.332. The van der Waals surface area contributed by atoms with Gasteiger partial charge in [-0.15, -0.1) is 6.58 Å². The molecule has 1 aromatic carbocycles. The fourth-order valence-electron chi connectivity index (χ4n) is 1.89. The molecule has 1 rings (SSSR count). The van der Waals surface area contributed by atoms with E-state index in [1.54, 1.807) is 27.0 Å². The van der Waals surface area contributed by atoms with E-state index in [2.05, 4.69) is 11.9 Å². The zero-order valence-electron chi connectivity index (χ0n) is 11.7. The molecule has 4 heteroatoms. The molecule has 0 aliphatic rings. The Morgan fingerprint density at radius 2 is 2.16 bits per heavy atom. The van der Waals surface area contributed by atoms with Crippen LogP contribution >= 0.6 is 0 Å². The SMILES string of the molecule is C=CCNC(C)(C(=O)OCC)c1ccccc1OC. The lowest BCUT2D eigenvalue weighted by Gasteiger charge is -2.29. The van der Waals surface area contributed by atoms with Crippen LogP contribution in [0.1, 0.15) is 19.4 Å². The molecule has 0 aliphatic heterocycles. The van der Waals surface area contributed by atoms with E-state index in [1.165, 1.54) is 0 Å². The Bertz CT molecular complexity index is 445. The average molecular weight is 263 g/mol. The molecule has 4 nitrogen and oxygen atoms in total. The van der Waals surface area contributed by atoms with Crippen molar-refractivity contribution in [2.75, 3.05) is 20.3 Å². The highest BCUT2D eigenvalue weighted by molar-refractivity contribution is 5.83. The summed E-state index contributed by atoms with van der Waals surface area (Å²) in [7, 11) is 1.58. The first-order chi connectivity index (χ1) is 9.10. The quantitative estimate of drug-likeness (QED) is 0.605. The molecule has 0 saturated carbocycles. The predicted molar refractivity (Wildman–Crippen MR) is 75.2 cm³/mol. The third kappa shape index (κ3) is 3.35. The number of carbonyl (C=O) groups is 1. The predicted octanol–water partition coefficient (Wildman–Crippen LogP) is 2.25. The number of nitrogens with one attached hydrogen (secondary N) is 1. The molecule has 1 N–H and O–H groups in total. The third-order valence-corrected chi connectivity index (χ3v) is 2.93. The Morgan fingerprint density at radius 1 is 1.47 bits per heavy atom. The van der Waals surface area contributed by atoms with Gasteiger partial charge in [0.05, 0.1) is 13.7 Å². The van der Waals surface area contributed by atoms with Gasteiger partial charge in [-0.1, -0.05) is 24.3 Å². The molecule has 0 heterocycles. The summed E-state index contributed by atoms with van der Waals surface area (Å²) in [4.78, 5) is 12.3. The molecule has 0 amide bonds. The van der Waals surface area contributed by atoms with Crippen LogP contribution in [0.25, 0.3) is 0 Å². The lowest BCUT2D eigenvalue weighted by atomic mass is 9.91. The van der Waals surface area contributed by atoms with Crippen molar-refractivity contribution in [2.24, 2.45) is 0 Å². The lowest BCUT2D eigenvalue weighted by Crippen LogP contribution is -2.48. The van der Waals surface area contributed by atoms with Crippen LogP contribution in [0.15, 0.2) is 36.9 Å². The number of para-hydroxylation sites is 1. The van der Waals surface area contributed by atoms with Crippen LogP contribution in [0, 0.1) is 0 Å². The van der Waals surface area contributed by atoms with Gasteiger partial charge in [-0.3, -0.25) is 5.32 Å². The van der Waals surface area contributed by atoms with Crippen LogP contribution in [0.5, 0.6) is 5.75 Å². The molecule has 104 valence electrons. The fraction of sp³-hybridized carbons (Fsp3) is 0.400. The number of hydrogen-bond acceptors (Lipinski definition) is 4. The molecule has 19 heavy (non-hydrogen) atoms. The van der Waals surface area contributed by atoms with Crippen LogP contribution in [0.3, 0.4) is 0 Å². The fourth-order valence-corrected chi connectivity index (χ4v) is 1.89. The van der Waals surface area contributed by atoms with E-state index >= 15 is 0 Å². The van der Waals surface area contributed by atoms with Gasteiger partial charge in [-0.05, 0) is 19.9 Å². The summed E-state index contributed by atoms with van der Waals surface area (Å²) < 4.78 is 10.5. The number of methoxy groups -OCH3 is 1. The van der Waals surface area contributed by atoms with Gasteiger partial charge in [0.25, 0.3) is 0 Å². The Labute approximate surface area is 114 Å². The molecule has 0 fully saturated rings. The summed E-state index contributed by atoms with van der Waals surface area (Å²) in [6.45, 7) is 8.06. The zero-order valence-corrected chi connectivity index (χ0v) is 11.7. The van der Waals surface area contributed by atoms with Crippen molar-refractivity contribution in [2.45, 2.75) is 19.4 Å². The van der Waals surface area contributed by atoms with Crippen molar-refractivity contribution < 1.29 is 14.3 Å². The number of ether oxygens (including phenoxy) is 2. The summed E-state index contributed by atoms with van der Waals surface area (Å²) in [5.74, 6) is 0.316. The van der Waals surface area contributed by atoms with E-state index in [0.29, 0.717) is 18.9 Å². The van der Waals surface area contributed by atoms with Crippen molar-refractivity contribution in [1.82, 2.24) is 5.32 Å². The highest BCUT2D eigenvalue weighted by Crippen LogP contribution is 2.30. The van der Waals surface area contributed by atoms with E-state index in [1.807, 2.05) is 24.3 Å². The van der Waals surface area contributed by atoms with E-state index in [0.717, 1.165) is 5.56 Å². The van der Waals surface area contributed by atoms with E-state index in [4.69, 9.17) is 9.47 Å². The lowest BCUT2D eigenvalue weighted by molar-refractivity contribution is -0.151. The van der Waals surface area contributed by atoms with E-state index in [9.17, 15) is 4.79 Å². The van der Waals surface area contributed by atoms with Gasteiger partial charge < -0.3 is 9.47 Å². The van der Waals surface area contributed by atoms with Gasteiger partial charge in [-0.25, -0.2) is 4.79 Å². The monoisotopic (exact) mass is 263 g/mol. The van der Waals surface area contributed by atoms with Gasteiger partial charge >= 0.3 is 5.97 Å². The first kappa shape index (κ1) is 15.2. The number of rotatable bonds is 7. The summed E-state index contributed by atoms with van der Waals surface area (Å²) in [6, 6.07) is 7.40. The number of esters is 1. The van der Waals surface area contributed by atoms with Gasteiger partial charge in [-0.2, -0.15) is 0 Å². The van der Waals surface area contributed by atoms with E-state index in [-0.39, 0.29) is 5.97 Å². The standard InChI is InChI=1S/C15H21NO3/c1-5-11-16-15(3,14(17)19-6-2)12-9-7-8-10-13(12)18-4/h5,7-10,16H,1,6,11H2,2-4H3. The molecule has 0 saturated heterocycles. The minimum atomic E-state index is -0.962. The van der Waals surface area contributed by atoms with E-state index < -0.39 is 5.54 Å². The van der Waals surface area contributed by atoms with Crippen molar-refractivity contribution >= 4 is 5.97 Å². The highest BCUT2D eigenvalue weighted by atomic mass is 16.5. The topological polar surface area (TPSA) is 47.6 Å². The molecule has 0 spiro atoms. The molecular formula is C15H21NO3. The first-order valence-electron chi connectivity index (χ1n) is 6.26. The van der Waals surface area contributed by atoms with Crippen LogP contribution in [0.2, 0.25) is 0 Å². The molecule has 1 aromatic rings. The third-order valence-electron chi connectivity index (χ3n) is 2.93. The van der Waals surface area contributed by atoms with Gasteiger partial charge in [0.1, 0.15) is 11.3 Å². The smallest absolute Gasteiger partial charge is 0.330 e. The summed E-state index contributed by atoms with van der Waals surface area (Å²) in [5, 5.41) is 3.15. The van der Waals surface area contributed by atoms with Crippen molar-refractivity contribution in [3.05, 3.63) is 42.5 Å². The van der Waals surface area contributed by atoms with Gasteiger partial charge in [0, 0.05) is 12.1 Å². The minimum Gasteiger partial charge on any atom is -0.496 e. The summed E-state index contributed by atoms with van der Waals surface area (Å²) in [6.07, 6.45) is 1.70. The largest absolute Gasteiger partial charge is 0.496 e.